The van der Waals surface area contributed by atoms with Crippen LogP contribution in [0.15, 0.2) is 12.1 Å². The van der Waals surface area contributed by atoms with Crippen LogP contribution in [0.2, 0.25) is 5.02 Å². The number of anilines is 1. The van der Waals surface area contributed by atoms with Crippen LogP contribution in [-0.2, 0) is 4.74 Å². The minimum Gasteiger partial charge on any atom is -0.476 e. The Labute approximate surface area is 110 Å². The number of carboxylic acid groups (broad SMARTS) is 1. The molecule has 98 valence electrons. The predicted octanol–water partition coefficient (Wildman–Crippen LogP) is 2.27. The summed E-state index contributed by atoms with van der Waals surface area (Å²) in [5.41, 5.74) is -0.117. The summed E-state index contributed by atoms with van der Waals surface area (Å²) in [6.45, 7) is 2.36. The molecule has 2 heterocycles. The van der Waals surface area contributed by atoms with Crippen LogP contribution >= 0.6 is 11.6 Å². The Morgan fingerprint density at radius 1 is 1.50 bits per heavy atom. The highest BCUT2D eigenvalue weighted by molar-refractivity contribution is 6.33. The van der Waals surface area contributed by atoms with Gasteiger partial charge in [-0.05, 0) is 30.9 Å². The Kier molecular flexibility index (Phi) is 4.38. The second kappa shape index (κ2) is 6.02. The van der Waals surface area contributed by atoms with Crippen molar-refractivity contribution in [3.63, 3.8) is 0 Å². The number of aromatic carboxylic acids is 1. The molecule has 1 fully saturated rings. The predicted molar refractivity (Wildman–Crippen MR) is 68.2 cm³/mol. The van der Waals surface area contributed by atoms with Crippen molar-refractivity contribution in [2.75, 3.05) is 25.1 Å². The lowest BCUT2D eigenvalue weighted by Gasteiger charge is -2.22. The van der Waals surface area contributed by atoms with Crippen molar-refractivity contribution < 1.29 is 14.6 Å². The second-order valence-corrected chi connectivity index (χ2v) is 4.68. The van der Waals surface area contributed by atoms with E-state index in [-0.39, 0.29) is 10.7 Å². The van der Waals surface area contributed by atoms with Gasteiger partial charge in [0.05, 0.1) is 5.02 Å². The maximum absolute atomic E-state index is 10.9. The van der Waals surface area contributed by atoms with Gasteiger partial charge in [0.25, 0.3) is 0 Å². The first-order valence-corrected chi connectivity index (χ1v) is 6.26. The number of hydrogen-bond donors (Lipinski definition) is 2. The van der Waals surface area contributed by atoms with Crippen LogP contribution in [0.3, 0.4) is 0 Å². The summed E-state index contributed by atoms with van der Waals surface area (Å²) < 4.78 is 5.28. The van der Waals surface area contributed by atoms with Gasteiger partial charge in [-0.2, -0.15) is 0 Å². The number of rotatable bonds is 4. The molecular weight excluding hydrogens is 256 g/mol. The molecule has 1 aromatic rings. The van der Waals surface area contributed by atoms with Crippen LogP contribution in [0.1, 0.15) is 23.3 Å². The summed E-state index contributed by atoms with van der Waals surface area (Å²) in [7, 11) is 0. The SMILES string of the molecule is O=C(O)c1nc(NCC2CCOCC2)ccc1Cl. The molecule has 0 spiro atoms. The number of carbonyl (C=O) groups is 1. The minimum absolute atomic E-state index is 0.117. The number of pyridine rings is 1. The zero-order chi connectivity index (χ0) is 13.0. The van der Waals surface area contributed by atoms with E-state index < -0.39 is 5.97 Å². The Balaban J connectivity index is 1.96. The molecule has 0 aromatic carbocycles. The molecule has 1 saturated heterocycles. The van der Waals surface area contributed by atoms with Gasteiger partial charge < -0.3 is 15.2 Å². The number of ether oxygens (including phenoxy) is 1. The third-order valence-corrected chi connectivity index (χ3v) is 3.27. The van der Waals surface area contributed by atoms with E-state index in [1.165, 1.54) is 0 Å². The molecule has 0 radical (unpaired) electrons. The average Bonchev–Trinajstić information content (AvgIpc) is 2.38. The van der Waals surface area contributed by atoms with E-state index in [0.29, 0.717) is 11.7 Å². The first kappa shape index (κ1) is 13.1. The quantitative estimate of drug-likeness (QED) is 0.878. The number of halogens is 1. The minimum atomic E-state index is -1.12. The molecule has 0 bridgehead atoms. The fourth-order valence-electron chi connectivity index (χ4n) is 1.89. The molecule has 0 aliphatic carbocycles. The largest absolute Gasteiger partial charge is 0.476 e. The standard InChI is InChI=1S/C12H15ClN2O3/c13-9-1-2-10(15-11(9)12(16)17)14-7-8-3-5-18-6-4-8/h1-2,8H,3-7H2,(H,14,15)(H,16,17). The van der Waals surface area contributed by atoms with Gasteiger partial charge in [-0.15, -0.1) is 0 Å². The molecule has 6 heteroatoms. The Morgan fingerprint density at radius 3 is 2.89 bits per heavy atom. The summed E-state index contributed by atoms with van der Waals surface area (Å²) in [6.07, 6.45) is 2.04. The molecule has 0 amide bonds. The van der Waals surface area contributed by atoms with Gasteiger partial charge in [-0.25, -0.2) is 9.78 Å². The molecule has 1 aliphatic rings. The van der Waals surface area contributed by atoms with E-state index in [1.807, 2.05) is 0 Å². The summed E-state index contributed by atoms with van der Waals surface area (Å²) >= 11 is 5.75. The first-order chi connectivity index (χ1) is 8.66. The number of hydrogen-bond acceptors (Lipinski definition) is 4. The molecule has 2 N–H and O–H groups in total. The van der Waals surface area contributed by atoms with E-state index in [4.69, 9.17) is 21.4 Å². The van der Waals surface area contributed by atoms with Crippen molar-refractivity contribution in [3.8, 4) is 0 Å². The number of nitrogens with zero attached hydrogens (tertiary/aromatic N) is 1. The molecule has 18 heavy (non-hydrogen) atoms. The highest BCUT2D eigenvalue weighted by Crippen LogP contribution is 2.19. The fourth-order valence-corrected chi connectivity index (χ4v) is 2.08. The molecule has 1 aromatic heterocycles. The molecular formula is C12H15ClN2O3. The molecule has 0 saturated carbocycles. The van der Waals surface area contributed by atoms with E-state index in [1.54, 1.807) is 12.1 Å². The fraction of sp³-hybridized carbons (Fsp3) is 0.500. The van der Waals surface area contributed by atoms with Crippen molar-refractivity contribution in [2.45, 2.75) is 12.8 Å². The normalized spacial score (nSPS) is 16.5. The van der Waals surface area contributed by atoms with E-state index in [0.717, 1.165) is 32.6 Å². The maximum atomic E-state index is 10.9. The highest BCUT2D eigenvalue weighted by atomic mass is 35.5. The van der Waals surface area contributed by atoms with Crippen molar-refractivity contribution in [1.29, 1.82) is 0 Å². The number of carboxylic acids is 1. The lowest BCUT2D eigenvalue weighted by atomic mass is 10.0. The summed E-state index contributed by atoms with van der Waals surface area (Å²) in [5.74, 6) is -0.0254. The van der Waals surface area contributed by atoms with Crippen LogP contribution in [0.5, 0.6) is 0 Å². The third-order valence-electron chi connectivity index (χ3n) is 2.96. The summed E-state index contributed by atoms with van der Waals surface area (Å²) in [6, 6.07) is 3.23. The molecule has 1 aliphatic heterocycles. The van der Waals surface area contributed by atoms with E-state index in [9.17, 15) is 4.79 Å². The van der Waals surface area contributed by atoms with Crippen LogP contribution in [0.25, 0.3) is 0 Å². The Hall–Kier alpha value is -1.33. The lowest BCUT2D eigenvalue weighted by Crippen LogP contribution is -2.23. The average molecular weight is 271 g/mol. The van der Waals surface area contributed by atoms with Crippen molar-refractivity contribution in [2.24, 2.45) is 5.92 Å². The third kappa shape index (κ3) is 3.34. The van der Waals surface area contributed by atoms with Gasteiger partial charge in [0.2, 0.25) is 0 Å². The van der Waals surface area contributed by atoms with Gasteiger partial charge in [0.15, 0.2) is 5.69 Å². The first-order valence-electron chi connectivity index (χ1n) is 5.88. The summed E-state index contributed by atoms with van der Waals surface area (Å²) in [4.78, 5) is 14.9. The molecule has 0 unspecified atom stereocenters. The molecule has 2 rings (SSSR count). The molecule has 0 atom stereocenters. The van der Waals surface area contributed by atoms with Gasteiger partial charge in [0, 0.05) is 19.8 Å². The van der Waals surface area contributed by atoms with E-state index in [2.05, 4.69) is 10.3 Å². The van der Waals surface area contributed by atoms with Crippen LogP contribution < -0.4 is 5.32 Å². The number of nitrogens with one attached hydrogen (secondary N) is 1. The van der Waals surface area contributed by atoms with Crippen LogP contribution in [-0.4, -0.2) is 35.8 Å². The second-order valence-electron chi connectivity index (χ2n) is 4.27. The molecule has 5 nitrogen and oxygen atoms in total. The topological polar surface area (TPSA) is 71.5 Å². The van der Waals surface area contributed by atoms with Crippen molar-refractivity contribution in [3.05, 3.63) is 22.8 Å². The highest BCUT2D eigenvalue weighted by Gasteiger charge is 2.15. The monoisotopic (exact) mass is 270 g/mol. The van der Waals surface area contributed by atoms with E-state index >= 15 is 0 Å². The Bertz CT molecular complexity index is 433. The maximum Gasteiger partial charge on any atom is 0.356 e. The van der Waals surface area contributed by atoms with Crippen LogP contribution in [0, 0.1) is 5.92 Å². The van der Waals surface area contributed by atoms with Gasteiger partial charge in [-0.3, -0.25) is 0 Å². The van der Waals surface area contributed by atoms with Crippen molar-refractivity contribution >= 4 is 23.4 Å². The smallest absolute Gasteiger partial charge is 0.356 e. The van der Waals surface area contributed by atoms with Crippen LogP contribution in [0.4, 0.5) is 5.82 Å². The van der Waals surface area contributed by atoms with Gasteiger partial charge >= 0.3 is 5.97 Å². The lowest BCUT2D eigenvalue weighted by molar-refractivity contribution is 0.0691. The zero-order valence-electron chi connectivity index (χ0n) is 9.86. The summed E-state index contributed by atoms with van der Waals surface area (Å²) in [5, 5.41) is 12.2. The number of aromatic nitrogens is 1. The Morgan fingerprint density at radius 2 is 2.22 bits per heavy atom. The van der Waals surface area contributed by atoms with Gasteiger partial charge in [-0.1, -0.05) is 11.6 Å². The van der Waals surface area contributed by atoms with Crippen molar-refractivity contribution in [1.82, 2.24) is 4.98 Å². The van der Waals surface area contributed by atoms with Gasteiger partial charge in [0.1, 0.15) is 5.82 Å². The zero-order valence-corrected chi connectivity index (χ0v) is 10.6.